The van der Waals surface area contributed by atoms with E-state index in [2.05, 4.69) is 10.1 Å². The molecule has 0 aliphatic heterocycles. The predicted molar refractivity (Wildman–Crippen MR) is 74.2 cm³/mol. The highest BCUT2D eigenvalue weighted by Gasteiger charge is 2.09. The van der Waals surface area contributed by atoms with Gasteiger partial charge in [-0.2, -0.15) is 8.78 Å². The number of carboxylic acids is 1. The molecule has 0 fully saturated rings. The molecule has 0 aliphatic rings. The second-order valence-electron chi connectivity index (χ2n) is 4.14. The molecule has 2 rings (SSSR count). The van der Waals surface area contributed by atoms with E-state index in [4.69, 9.17) is 10.8 Å². The van der Waals surface area contributed by atoms with Crippen molar-refractivity contribution in [3.05, 3.63) is 48.0 Å². The predicted octanol–water partition coefficient (Wildman–Crippen LogP) is 3.31. The van der Waals surface area contributed by atoms with Crippen LogP contribution < -0.4 is 15.8 Å². The highest BCUT2D eigenvalue weighted by atomic mass is 19.3. The molecule has 0 aromatic heterocycles. The summed E-state index contributed by atoms with van der Waals surface area (Å²) >= 11 is 0. The average molecular weight is 294 g/mol. The van der Waals surface area contributed by atoms with Gasteiger partial charge in [-0.15, -0.1) is 0 Å². The van der Waals surface area contributed by atoms with Crippen molar-refractivity contribution in [2.45, 2.75) is 6.61 Å². The smallest absolute Gasteiger partial charge is 0.387 e. The van der Waals surface area contributed by atoms with Gasteiger partial charge in [-0.1, -0.05) is 0 Å². The summed E-state index contributed by atoms with van der Waals surface area (Å²) in [4.78, 5) is 11.0. The van der Waals surface area contributed by atoms with Gasteiger partial charge < -0.3 is 20.9 Å². The van der Waals surface area contributed by atoms with Gasteiger partial charge >= 0.3 is 12.6 Å². The van der Waals surface area contributed by atoms with Gasteiger partial charge in [-0.25, -0.2) is 4.79 Å². The topological polar surface area (TPSA) is 84.6 Å². The van der Waals surface area contributed by atoms with Crippen molar-refractivity contribution < 1.29 is 23.4 Å². The number of carbonyl (C=O) groups is 1. The lowest BCUT2D eigenvalue weighted by Gasteiger charge is -2.10. The Labute approximate surface area is 119 Å². The van der Waals surface area contributed by atoms with Crippen LogP contribution in [0.3, 0.4) is 0 Å². The van der Waals surface area contributed by atoms with Crippen molar-refractivity contribution in [2.75, 3.05) is 11.1 Å². The van der Waals surface area contributed by atoms with Gasteiger partial charge in [-0.3, -0.25) is 0 Å². The number of carboxylic acid groups (broad SMARTS) is 1. The molecular formula is C14H12F2N2O3. The van der Waals surface area contributed by atoms with E-state index >= 15 is 0 Å². The Morgan fingerprint density at radius 3 is 2.33 bits per heavy atom. The zero-order valence-corrected chi connectivity index (χ0v) is 10.7. The molecule has 0 unspecified atom stereocenters. The normalized spacial score (nSPS) is 10.4. The van der Waals surface area contributed by atoms with Crippen molar-refractivity contribution in [2.24, 2.45) is 0 Å². The Morgan fingerprint density at radius 2 is 1.76 bits per heavy atom. The lowest BCUT2D eigenvalue weighted by Crippen LogP contribution is -2.03. The molecule has 5 nitrogen and oxygen atoms in total. The number of nitrogens with two attached hydrogens (primary N) is 1. The summed E-state index contributed by atoms with van der Waals surface area (Å²) in [5, 5.41) is 11.9. The maximum Gasteiger partial charge on any atom is 0.387 e. The average Bonchev–Trinajstić information content (AvgIpc) is 2.42. The zero-order chi connectivity index (χ0) is 15.4. The summed E-state index contributed by atoms with van der Waals surface area (Å²) in [6.07, 6.45) is 0. The Kier molecular flexibility index (Phi) is 4.22. The van der Waals surface area contributed by atoms with Crippen LogP contribution >= 0.6 is 0 Å². The standard InChI is InChI=1S/C14H12F2N2O3/c15-14(16)21-10-4-1-8(2-5-10)18-9-3-6-12(17)11(7-9)13(19)20/h1-7,14,18H,17H2,(H,19,20). The zero-order valence-electron chi connectivity index (χ0n) is 10.7. The highest BCUT2D eigenvalue weighted by Crippen LogP contribution is 2.23. The van der Waals surface area contributed by atoms with E-state index in [-0.39, 0.29) is 17.0 Å². The molecule has 0 bridgehead atoms. The molecule has 4 N–H and O–H groups in total. The first-order valence-corrected chi connectivity index (χ1v) is 5.90. The number of halogens is 2. The maximum absolute atomic E-state index is 12.0. The van der Waals surface area contributed by atoms with E-state index in [0.29, 0.717) is 11.4 Å². The molecule has 0 radical (unpaired) electrons. The maximum atomic E-state index is 12.0. The first-order valence-electron chi connectivity index (χ1n) is 5.90. The van der Waals surface area contributed by atoms with Crippen LogP contribution in [0.2, 0.25) is 0 Å². The minimum atomic E-state index is -2.88. The van der Waals surface area contributed by atoms with E-state index in [1.54, 1.807) is 6.07 Å². The van der Waals surface area contributed by atoms with Crippen molar-refractivity contribution in [1.82, 2.24) is 0 Å². The molecule has 0 saturated heterocycles. The Morgan fingerprint density at radius 1 is 1.14 bits per heavy atom. The van der Waals surface area contributed by atoms with E-state index in [0.717, 1.165) is 0 Å². The minimum Gasteiger partial charge on any atom is -0.478 e. The lowest BCUT2D eigenvalue weighted by molar-refractivity contribution is -0.0498. The second-order valence-corrected chi connectivity index (χ2v) is 4.14. The van der Waals surface area contributed by atoms with Crippen molar-refractivity contribution in [3.8, 4) is 5.75 Å². The van der Waals surface area contributed by atoms with E-state index in [1.165, 1.54) is 36.4 Å². The monoisotopic (exact) mass is 294 g/mol. The first-order chi connectivity index (χ1) is 9.95. The third-order valence-corrected chi connectivity index (χ3v) is 2.65. The number of anilines is 3. The van der Waals surface area contributed by atoms with Crippen LogP contribution in [-0.2, 0) is 0 Å². The fourth-order valence-corrected chi connectivity index (χ4v) is 1.71. The number of hydrogen-bond donors (Lipinski definition) is 3. The van der Waals surface area contributed by atoms with Gasteiger partial charge in [0.25, 0.3) is 0 Å². The summed E-state index contributed by atoms with van der Waals surface area (Å²) in [6, 6.07) is 10.3. The summed E-state index contributed by atoms with van der Waals surface area (Å²) in [7, 11) is 0. The molecule has 0 aliphatic carbocycles. The summed E-state index contributed by atoms with van der Waals surface area (Å²) in [5.41, 5.74) is 6.81. The molecule has 7 heteroatoms. The number of hydrogen-bond acceptors (Lipinski definition) is 4. The third kappa shape index (κ3) is 3.82. The van der Waals surface area contributed by atoms with Crippen LogP contribution in [0.25, 0.3) is 0 Å². The number of nitrogens with one attached hydrogen (secondary N) is 1. The number of alkyl halides is 2. The van der Waals surface area contributed by atoms with Crippen molar-refractivity contribution in [3.63, 3.8) is 0 Å². The molecule has 2 aromatic carbocycles. The van der Waals surface area contributed by atoms with Gasteiger partial charge in [0.05, 0.1) is 5.56 Å². The highest BCUT2D eigenvalue weighted by molar-refractivity contribution is 5.95. The molecule has 0 spiro atoms. The molecule has 21 heavy (non-hydrogen) atoms. The quantitative estimate of drug-likeness (QED) is 0.737. The number of rotatable bonds is 5. The Bertz CT molecular complexity index is 645. The van der Waals surface area contributed by atoms with E-state index in [9.17, 15) is 13.6 Å². The van der Waals surface area contributed by atoms with E-state index < -0.39 is 12.6 Å². The molecule has 0 heterocycles. The number of ether oxygens (including phenoxy) is 1. The number of benzene rings is 2. The molecular weight excluding hydrogens is 282 g/mol. The van der Waals surface area contributed by atoms with Crippen LogP contribution in [0.15, 0.2) is 42.5 Å². The lowest BCUT2D eigenvalue weighted by atomic mass is 10.1. The second kappa shape index (κ2) is 6.08. The van der Waals surface area contributed by atoms with Crippen molar-refractivity contribution >= 4 is 23.0 Å². The largest absolute Gasteiger partial charge is 0.478 e. The number of aromatic carboxylic acids is 1. The third-order valence-electron chi connectivity index (χ3n) is 2.65. The summed E-state index contributed by atoms with van der Waals surface area (Å²) in [5.74, 6) is -1.09. The SMILES string of the molecule is Nc1ccc(Nc2ccc(OC(F)F)cc2)cc1C(=O)O. The van der Waals surface area contributed by atoms with Crippen LogP contribution in [0.4, 0.5) is 25.8 Å². The Hall–Kier alpha value is -2.83. The summed E-state index contributed by atoms with van der Waals surface area (Å²) < 4.78 is 28.3. The molecule has 110 valence electrons. The summed E-state index contributed by atoms with van der Waals surface area (Å²) in [6.45, 7) is -2.88. The van der Waals surface area contributed by atoms with Gasteiger partial charge in [0.15, 0.2) is 0 Å². The first kappa shape index (κ1) is 14.6. The molecule has 0 amide bonds. The van der Waals surface area contributed by atoms with Crippen molar-refractivity contribution in [1.29, 1.82) is 0 Å². The Balaban J connectivity index is 2.14. The van der Waals surface area contributed by atoms with Gasteiger partial charge in [0.1, 0.15) is 5.75 Å². The molecule has 0 atom stereocenters. The van der Waals surface area contributed by atoms with Crippen LogP contribution in [0.1, 0.15) is 10.4 Å². The van der Waals surface area contributed by atoms with Crippen LogP contribution in [0, 0.1) is 0 Å². The van der Waals surface area contributed by atoms with Gasteiger partial charge in [0, 0.05) is 17.1 Å². The van der Waals surface area contributed by atoms with Crippen LogP contribution in [0.5, 0.6) is 5.75 Å². The number of nitrogen functional groups attached to an aromatic ring is 1. The van der Waals surface area contributed by atoms with E-state index in [1.807, 2.05) is 0 Å². The molecule has 2 aromatic rings. The van der Waals surface area contributed by atoms with Crippen LogP contribution in [-0.4, -0.2) is 17.7 Å². The van der Waals surface area contributed by atoms with Gasteiger partial charge in [-0.05, 0) is 42.5 Å². The molecule has 0 saturated carbocycles. The fraction of sp³-hybridized carbons (Fsp3) is 0.0714. The minimum absolute atomic E-state index is 0.0161. The fourth-order valence-electron chi connectivity index (χ4n) is 1.71. The van der Waals surface area contributed by atoms with Gasteiger partial charge in [0.2, 0.25) is 0 Å².